The molecule has 0 radical (unpaired) electrons. The van der Waals surface area contributed by atoms with Gasteiger partial charge in [0, 0.05) is 6.20 Å². The van der Waals surface area contributed by atoms with Gasteiger partial charge in [-0.25, -0.2) is 9.48 Å². The highest BCUT2D eigenvalue weighted by molar-refractivity contribution is 6.12. The number of rotatable bonds is 5. The molecular weight excluding hydrogens is 308 g/mol. The van der Waals surface area contributed by atoms with Crippen molar-refractivity contribution in [1.82, 2.24) is 9.78 Å². The van der Waals surface area contributed by atoms with Crippen molar-refractivity contribution >= 4 is 11.8 Å². The van der Waals surface area contributed by atoms with Crippen molar-refractivity contribution in [3.8, 4) is 5.69 Å². The van der Waals surface area contributed by atoms with Gasteiger partial charge >= 0.3 is 5.97 Å². The lowest BCUT2D eigenvalue weighted by molar-refractivity contribution is 0.0516. The average molecular weight is 324 g/mol. The molecule has 0 atom stereocenters. The number of aromatic nitrogens is 2. The second kappa shape index (κ2) is 6.54. The summed E-state index contributed by atoms with van der Waals surface area (Å²) in [6.07, 6.45) is 2.92. The molecule has 2 heterocycles. The van der Waals surface area contributed by atoms with Gasteiger partial charge in [0.2, 0.25) is 5.78 Å². The molecule has 1 aromatic carbocycles. The third kappa shape index (κ3) is 2.99. The largest absolute Gasteiger partial charge is 0.461 e. The van der Waals surface area contributed by atoms with Gasteiger partial charge in [-0.3, -0.25) is 4.79 Å². The van der Waals surface area contributed by atoms with E-state index in [1.54, 1.807) is 19.1 Å². The van der Waals surface area contributed by atoms with Crippen molar-refractivity contribution < 1.29 is 18.7 Å². The normalized spacial score (nSPS) is 10.6. The van der Waals surface area contributed by atoms with Crippen LogP contribution < -0.4 is 0 Å². The van der Waals surface area contributed by atoms with Gasteiger partial charge in [-0.05, 0) is 38.1 Å². The number of carbonyl (C=O) groups excluding carboxylic acids is 2. The van der Waals surface area contributed by atoms with E-state index in [-0.39, 0.29) is 23.6 Å². The third-order valence-corrected chi connectivity index (χ3v) is 3.47. The molecular formula is C18H16N2O4. The lowest BCUT2D eigenvalue weighted by Crippen LogP contribution is -2.11. The fraction of sp³-hybridized carbons (Fsp3) is 0.167. The first-order chi connectivity index (χ1) is 11.6. The average Bonchev–Trinajstić information content (AvgIpc) is 3.25. The van der Waals surface area contributed by atoms with E-state index in [2.05, 4.69) is 5.10 Å². The predicted octanol–water partition coefficient (Wildman–Crippen LogP) is 3.18. The molecule has 0 spiro atoms. The van der Waals surface area contributed by atoms with E-state index in [1.165, 1.54) is 17.1 Å². The number of furan rings is 1. The first-order valence-electron chi connectivity index (χ1n) is 7.52. The first kappa shape index (κ1) is 15.7. The Morgan fingerprint density at radius 3 is 2.58 bits per heavy atom. The summed E-state index contributed by atoms with van der Waals surface area (Å²) in [6.45, 7) is 3.87. The molecule has 0 aliphatic heterocycles. The minimum absolute atomic E-state index is 0.0289. The molecule has 24 heavy (non-hydrogen) atoms. The topological polar surface area (TPSA) is 74.3 Å². The van der Waals surface area contributed by atoms with Crippen LogP contribution in [-0.2, 0) is 4.74 Å². The maximum absolute atomic E-state index is 12.6. The highest BCUT2D eigenvalue weighted by Crippen LogP contribution is 2.18. The van der Waals surface area contributed by atoms with Crippen LogP contribution in [0.15, 0.2) is 53.3 Å². The van der Waals surface area contributed by atoms with Gasteiger partial charge in [-0.1, -0.05) is 17.7 Å². The van der Waals surface area contributed by atoms with Gasteiger partial charge in [0.15, 0.2) is 11.5 Å². The quantitative estimate of drug-likeness (QED) is 0.532. The van der Waals surface area contributed by atoms with Crippen LogP contribution in [-0.4, -0.2) is 28.1 Å². The van der Waals surface area contributed by atoms with Crippen molar-refractivity contribution in [1.29, 1.82) is 0 Å². The lowest BCUT2D eigenvalue weighted by atomic mass is 10.1. The van der Waals surface area contributed by atoms with E-state index in [0.717, 1.165) is 11.3 Å². The highest BCUT2D eigenvalue weighted by atomic mass is 16.5. The number of benzene rings is 1. The van der Waals surface area contributed by atoms with Crippen LogP contribution in [0.1, 0.15) is 39.1 Å². The molecule has 0 N–H and O–H groups in total. The summed E-state index contributed by atoms with van der Waals surface area (Å²) in [5.41, 5.74) is 1.95. The molecule has 0 bridgehead atoms. The molecule has 6 heteroatoms. The molecule has 3 aromatic rings. The Kier molecular flexibility index (Phi) is 4.29. The number of hydrogen-bond donors (Lipinski definition) is 0. The van der Waals surface area contributed by atoms with Gasteiger partial charge in [0.25, 0.3) is 0 Å². The Hall–Kier alpha value is -3.15. The van der Waals surface area contributed by atoms with Gasteiger partial charge in [-0.15, -0.1) is 0 Å². The minimum atomic E-state index is -0.640. The molecule has 0 saturated carbocycles. The summed E-state index contributed by atoms with van der Waals surface area (Å²) in [5, 5.41) is 4.24. The van der Waals surface area contributed by atoms with Crippen LogP contribution in [0, 0.1) is 6.92 Å². The number of hydrogen-bond acceptors (Lipinski definition) is 5. The van der Waals surface area contributed by atoms with E-state index in [1.807, 2.05) is 31.2 Å². The Morgan fingerprint density at radius 2 is 1.96 bits per heavy atom. The zero-order valence-corrected chi connectivity index (χ0v) is 13.4. The zero-order chi connectivity index (χ0) is 17.1. The standard InChI is InChI=1S/C18H16N2O4/c1-3-23-18(22)16-14(17(21)15-5-4-10-24-15)11-20(19-16)13-8-6-12(2)7-9-13/h4-11H,3H2,1-2H3. The second-order valence-electron chi connectivity index (χ2n) is 5.20. The first-order valence-corrected chi connectivity index (χ1v) is 7.52. The van der Waals surface area contributed by atoms with E-state index in [9.17, 15) is 9.59 Å². The number of esters is 1. The number of ether oxygens (including phenoxy) is 1. The van der Waals surface area contributed by atoms with Crippen LogP contribution in [0.2, 0.25) is 0 Å². The number of nitrogens with zero attached hydrogens (tertiary/aromatic N) is 2. The van der Waals surface area contributed by atoms with Gasteiger partial charge in [0.05, 0.1) is 24.1 Å². The predicted molar refractivity (Wildman–Crippen MR) is 86.4 cm³/mol. The monoisotopic (exact) mass is 324 g/mol. The number of ketones is 1. The molecule has 0 aliphatic rings. The fourth-order valence-corrected chi connectivity index (χ4v) is 2.26. The highest BCUT2D eigenvalue weighted by Gasteiger charge is 2.25. The molecule has 2 aromatic heterocycles. The van der Waals surface area contributed by atoms with E-state index >= 15 is 0 Å². The summed E-state index contributed by atoms with van der Waals surface area (Å²) >= 11 is 0. The third-order valence-electron chi connectivity index (χ3n) is 3.47. The van der Waals surface area contributed by atoms with Crippen molar-refractivity contribution in [2.24, 2.45) is 0 Å². The van der Waals surface area contributed by atoms with Crippen LogP contribution in [0.25, 0.3) is 5.69 Å². The number of carbonyl (C=O) groups is 2. The van der Waals surface area contributed by atoms with E-state index in [4.69, 9.17) is 9.15 Å². The van der Waals surface area contributed by atoms with Crippen LogP contribution in [0.4, 0.5) is 0 Å². The Labute approximate surface area is 138 Å². The van der Waals surface area contributed by atoms with Gasteiger partial charge in [0.1, 0.15) is 0 Å². The fourth-order valence-electron chi connectivity index (χ4n) is 2.26. The van der Waals surface area contributed by atoms with Crippen LogP contribution in [0.3, 0.4) is 0 Å². The van der Waals surface area contributed by atoms with Crippen LogP contribution >= 0.6 is 0 Å². The maximum Gasteiger partial charge on any atom is 0.359 e. The molecule has 0 saturated heterocycles. The SMILES string of the molecule is CCOC(=O)c1nn(-c2ccc(C)cc2)cc1C(=O)c1ccco1. The molecule has 3 rings (SSSR count). The van der Waals surface area contributed by atoms with E-state index in [0.29, 0.717) is 0 Å². The number of aryl methyl sites for hydroxylation is 1. The molecule has 6 nitrogen and oxygen atoms in total. The smallest absolute Gasteiger partial charge is 0.359 e. The Morgan fingerprint density at radius 1 is 1.21 bits per heavy atom. The Balaban J connectivity index is 2.07. The minimum Gasteiger partial charge on any atom is -0.461 e. The lowest BCUT2D eigenvalue weighted by Gasteiger charge is -2.01. The van der Waals surface area contributed by atoms with Gasteiger partial charge < -0.3 is 9.15 Å². The second-order valence-corrected chi connectivity index (χ2v) is 5.20. The van der Waals surface area contributed by atoms with Crippen molar-refractivity contribution in [3.63, 3.8) is 0 Å². The molecule has 0 amide bonds. The van der Waals surface area contributed by atoms with Crippen molar-refractivity contribution in [2.75, 3.05) is 6.61 Å². The maximum atomic E-state index is 12.6. The zero-order valence-electron chi connectivity index (χ0n) is 13.4. The molecule has 122 valence electrons. The van der Waals surface area contributed by atoms with Crippen LogP contribution in [0.5, 0.6) is 0 Å². The Bertz CT molecular complexity index is 861. The molecule has 0 fully saturated rings. The summed E-state index contributed by atoms with van der Waals surface area (Å²) in [5.74, 6) is -0.913. The summed E-state index contributed by atoms with van der Waals surface area (Å²) in [6, 6.07) is 10.7. The summed E-state index contributed by atoms with van der Waals surface area (Å²) in [7, 11) is 0. The molecule has 0 aliphatic carbocycles. The summed E-state index contributed by atoms with van der Waals surface area (Å²) in [4.78, 5) is 24.7. The van der Waals surface area contributed by atoms with Gasteiger partial charge in [-0.2, -0.15) is 5.10 Å². The molecule has 0 unspecified atom stereocenters. The van der Waals surface area contributed by atoms with Crippen molar-refractivity contribution in [3.05, 3.63) is 71.4 Å². The summed E-state index contributed by atoms with van der Waals surface area (Å²) < 4.78 is 11.6. The van der Waals surface area contributed by atoms with E-state index < -0.39 is 11.8 Å². The van der Waals surface area contributed by atoms with Crippen molar-refractivity contribution in [2.45, 2.75) is 13.8 Å².